The van der Waals surface area contributed by atoms with Gasteiger partial charge in [-0.3, -0.25) is 14.9 Å². The third-order valence-corrected chi connectivity index (χ3v) is 3.84. The van der Waals surface area contributed by atoms with Crippen LogP contribution in [0.2, 0.25) is 0 Å². The summed E-state index contributed by atoms with van der Waals surface area (Å²) in [5.41, 5.74) is 1.70. The van der Waals surface area contributed by atoms with Crippen molar-refractivity contribution in [2.45, 2.75) is 13.0 Å². The summed E-state index contributed by atoms with van der Waals surface area (Å²) in [7, 11) is 0. The van der Waals surface area contributed by atoms with Crippen molar-refractivity contribution in [2.24, 2.45) is 0 Å². The fourth-order valence-corrected chi connectivity index (χ4v) is 2.65. The second-order valence-corrected chi connectivity index (χ2v) is 5.34. The normalized spacial score (nSPS) is 10.3. The molecule has 0 aliphatic rings. The molecule has 2 aromatic rings. The van der Waals surface area contributed by atoms with Crippen molar-refractivity contribution >= 4 is 28.0 Å². The SMILES string of the molecule is O=C(O)CCN(Cc1csc([N+](=O)[O-])c1)c1ccccc1. The summed E-state index contributed by atoms with van der Waals surface area (Å²) in [6.07, 6.45) is 0.0150. The minimum Gasteiger partial charge on any atom is -0.481 e. The van der Waals surface area contributed by atoms with Crippen molar-refractivity contribution in [1.29, 1.82) is 0 Å². The highest BCUT2D eigenvalue weighted by Gasteiger charge is 2.14. The van der Waals surface area contributed by atoms with Gasteiger partial charge in [-0.1, -0.05) is 29.5 Å². The molecule has 110 valence electrons. The molecule has 1 aromatic carbocycles. The van der Waals surface area contributed by atoms with Crippen molar-refractivity contribution in [3.63, 3.8) is 0 Å². The second kappa shape index (κ2) is 6.85. The van der Waals surface area contributed by atoms with Gasteiger partial charge in [0.1, 0.15) is 0 Å². The van der Waals surface area contributed by atoms with Gasteiger partial charge >= 0.3 is 11.0 Å². The number of hydrogen-bond acceptors (Lipinski definition) is 5. The highest BCUT2D eigenvalue weighted by Crippen LogP contribution is 2.25. The van der Waals surface area contributed by atoms with Crippen LogP contribution in [-0.4, -0.2) is 22.5 Å². The van der Waals surface area contributed by atoms with E-state index in [1.165, 1.54) is 6.07 Å². The lowest BCUT2D eigenvalue weighted by molar-refractivity contribution is -0.380. The van der Waals surface area contributed by atoms with Crippen molar-refractivity contribution < 1.29 is 14.8 Å². The van der Waals surface area contributed by atoms with E-state index in [2.05, 4.69) is 0 Å². The Kier molecular flexibility index (Phi) is 4.89. The number of thiophene rings is 1. The van der Waals surface area contributed by atoms with Crippen molar-refractivity contribution in [3.8, 4) is 0 Å². The number of nitro groups is 1. The van der Waals surface area contributed by atoms with Crippen molar-refractivity contribution in [2.75, 3.05) is 11.4 Å². The predicted molar refractivity (Wildman–Crippen MR) is 80.7 cm³/mol. The number of hydrogen-bond donors (Lipinski definition) is 1. The number of benzene rings is 1. The Morgan fingerprint density at radius 2 is 2.05 bits per heavy atom. The van der Waals surface area contributed by atoms with Crippen LogP contribution < -0.4 is 4.90 Å². The molecule has 1 aromatic heterocycles. The maximum atomic E-state index is 10.8. The number of nitrogens with zero attached hydrogens (tertiary/aromatic N) is 2. The molecule has 21 heavy (non-hydrogen) atoms. The first-order chi connectivity index (χ1) is 10.1. The summed E-state index contributed by atoms with van der Waals surface area (Å²) in [5, 5.41) is 21.4. The van der Waals surface area contributed by atoms with E-state index in [4.69, 9.17) is 5.11 Å². The summed E-state index contributed by atoms with van der Waals surface area (Å²) >= 11 is 1.08. The summed E-state index contributed by atoms with van der Waals surface area (Å²) in [6.45, 7) is 0.796. The fraction of sp³-hybridized carbons (Fsp3) is 0.214. The van der Waals surface area contributed by atoms with Gasteiger partial charge in [-0.25, -0.2) is 0 Å². The molecule has 0 radical (unpaired) electrons. The first kappa shape index (κ1) is 15.0. The third-order valence-electron chi connectivity index (χ3n) is 2.91. The molecular formula is C14H14N2O4S. The first-order valence-corrected chi connectivity index (χ1v) is 7.18. The number of anilines is 1. The molecular weight excluding hydrogens is 292 g/mol. The van der Waals surface area contributed by atoms with E-state index < -0.39 is 10.9 Å². The Hall–Kier alpha value is -2.41. The summed E-state index contributed by atoms with van der Waals surface area (Å²) in [5.74, 6) is -0.868. The third kappa shape index (κ3) is 4.28. The Labute approximate surface area is 125 Å². The molecule has 0 atom stereocenters. The van der Waals surface area contributed by atoms with Crippen LogP contribution in [0.25, 0.3) is 0 Å². The molecule has 7 heteroatoms. The fourth-order valence-electron chi connectivity index (χ4n) is 1.93. The average Bonchev–Trinajstić information content (AvgIpc) is 2.93. The van der Waals surface area contributed by atoms with Crippen LogP contribution >= 0.6 is 11.3 Å². The number of para-hydroxylation sites is 1. The summed E-state index contributed by atoms with van der Waals surface area (Å²) in [6, 6.07) is 10.9. The molecule has 0 aliphatic heterocycles. The van der Waals surface area contributed by atoms with Gasteiger partial charge in [-0.2, -0.15) is 0 Å². The van der Waals surface area contributed by atoms with Crippen LogP contribution in [0.5, 0.6) is 0 Å². The molecule has 0 spiro atoms. The lowest BCUT2D eigenvalue weighted by atomic mass is 10.2. The minimum absolute atomic E-state index is 0.0150. The molecule has 6 nitrogen and oxygen atoms in total. The lowest BCUT2D eigenvalue weighted by Crippen LogP contribution is -2.25. The van der Waals surface area contributed by atoms with E-state index >= 15 is 0 Å². The Morgan fingerprint density at radius 3 is 2.62 bits per heavy atom. The standard InChI is InChI=1S/C14H14N2O4S/c17-14(18)6-7-15(12-4-2-1-3-5-12)9-11-8-13(16(19)20)21-10-11/h1-5,8,10H,6-7,9H2,(H,17,18). The van der Waals surface area contributed by atoms with Gasteiger partial charge in [0.15, 0.2) is 0 Å². The second-order valence-electron chi connectivity index (χ2n) is 4.45. The largest absolute Gasteiger partial charge is 0.481 e. The van der Waals surface area contributed by atoms with Crippen LogP contribution in [0.15, 0.2) is 41.8 Å². The van der Waals surface area contributed by atoms with Crippen molar-refractivity contribution in [3.05, 3.63) is 57.5 Å². The zero-order chi connectivity index (χ0) is 15.2. The number of aliphatic carboxylic acids is 1. The van der Waals surface area contributed by atoms with Gasteiger partial charge in [0.2, 0.25) is 0 Å². The summed E-state index contributed by atoms with van der Waals surface area (Å²) in [4.78, 5) is 23.0. The highest BCUT2D eigenvalue weighted by molar-refractivity contribution is 7.13. The van der Waals surface area contributed by atoms with Gasteiger partial charge in [0, 0.05) is 30.2 Å². The van der Waals surface area contributed by atoms with Gasteiger partial charge in [0.25, 0.3) is 0 Å². The van der Waals surface area contributed by atoms with E-state index in [1.807, 2.05) is 35.2 Å². The van der Waals surface area contributed by atoms with Crippen LogP contribution in [0.1, 0.15) is 12.0 Å². The minimum atomic E-state index is -0.868. The molecule has 1 N–H and O–H groups in total. The topological polar surface area (TPSA) is 83.7 Å². The van der Waals surface area contributed by atoms with Gasteiger partial charge < -0.3 is 10.0 Å². The number of carbonyl (C=O) groups is 1. The average molecular weight is 306 g/mol. The Morgan fingerprint density at radius 1 is 1.33 bits per heavy atom. The Bertz CT molecular complexity index is 627. The Balaban J connectivity index is 2.14. The summed E-state index contributed by atoms with van der Waals surface area (Å²) < 4.78 is 0. The maximum Gasteiger partial charge on any atom is 0.324 e. The maximum absolute atomic E-state index is 10.8. The van der Waals surface area contributed by atoms with E-state index in [9.17, 15) is 14.9 Å². The van der Waals surface area contributed by atoms with Crippen LogP contribution in [0, 0.1) is 10.1 Å². The lowest BCUT2D eigenvalue weighted by Gasteiger charge is -2.23. The van der Waals surface area contributed by atoms with Gasteiger partial charge in [-0.05, 0) is 17.7 Å². The molecule has 0 amide bonds. The molecule has 2 rings (SSSR count). The zero-order valence-corrected chi connectivity index (χ0v) is 12.0. The predicted octanol–water partition coefficient (Wildman–Crippen LogP) is 3.14. The molecule has 0 aliphatic carbocycles. The highest BCUT2D eigenvalue weighted by atomic mass is 32.1. The molecule has 0 saturated carbocycles. The van der Waals surface area contributed by atoms with E-state index in [1.54, 1.807) is 5.38 Å². The van der Waals surface area contributed by atoms with E-state index in [0.29, 0.717) is 13.1 Å². The smallest absolute Gasteiger partial charge is 0.324 e. The van der Waals surface area contributed by atoms with E-state index in [0.717, 1.165) is 22.6 Å². The van der Waals surface area contributed by atoms with E-state index in [-0.39, 0.29) is 11.4 Å². The first-order valence-electron chi connectivity index (χ1n) is 6.30. The van der Waals surface area contributed by atoms with Crippen LogP contribution in [-0.2, 0) is 11.3 Å². The number of rotatable bonds is 7. The van der Waals surface area contributed by atoms with Crippen LogP contribution in [0.3, 0.4) is 0 Å². The monoisotopic (exact) mass is 306 g/mol. The van der Waals surface area contributed by atoms with Crippen LogP contribution in [0.4, 0.5) is 10.7 Å². The quantitative estimate of drug-likeness (QED) is 0.627. The molecule has 0 unspecified atom stereocenters. The molecule has 1 heterocycles. The van der Waals surface area contributed by atoms with Crippen molar-refractivity contribution in [1.82, 2.24) is 0 Å². The molecule has 0 fully saturated rings. The molecule has 0 saturated heterocycles. The molecule has 0 bridgehead atoms. The zero-order valence-electron chi connectivity index (χ0n) is 11.1. The van der Waals surface area contributed by atoms with Gasteiger partial charge in [-0.15, -0.1) is 0 Å². The number of carboxylic acids is 1. The number of carboxylic acid groups (broad SMARTS) is 1. The van der Waals surface area contributed by atoms with Gasteiger partial charge in [0.05, 0.1) is 11.3 Å².